The molecular weight excluding hydrogens is 494 g/mol. The second-order valence-corrected chi connectivity index (χ2v) is 8.80. The number of rotatable bonds is 12. The summed E-state index contributed by atoms with van der Waals surface area (Å²) in [6.07, 6.45) is 0. The number of ether oxygens (including phenoxy) is 4. The van der Waals surface area contributed by atoms with Gasteiger partial charge in [0, 0.05) is 13.1 Å². The second kappa shape index (κ2) is 13.8. The van der Waals surface area contributed by atoms with E-state index in [0.717, 1.165) is 22.3 Å². The van der Waals surface area contributed by atoms with E-state index in [1.165, 1.54) is 14.2 Å². The molecule has 7 nitrogen and oxygen atoms in total. The molecule has 0 aliphatic rings. The summed E-state index contributed by atoms with van der Waals surface area (Å²) in [5.74, 6) is 0.0191. The highest BCUT2D eigenvalue weighted by Crippen LogP contribution is 2.25. The summed E-state index contributed by atoms with van der Waals surface area (Å²) in [7, 11) is 2.70. The molecule has 4 aromatic carbocycles. The third kappa shape index (κ3) is 7.69. The molecule has 0 spiro atoms. The molecule has 0 aliphatic carbocycles. The average molecular weight is 526 g/mol. The van der Waals surface area contributed by atoms with E-state index < -0.39 is 11.9 Å². The predicted octanol–water partition coefficient (Wildman–Crippen LogP) is 5.71. The van der Waals surface area contributed by atoms with Crippen molar-refractivity contribution >= 4 is 11.9 Å². The number of esters is 2. The Bertz CT molecular complexity index is 1280. The molecule has 0 saturated heterocycles. The smallest absolute Gasteiger partial charge is 0.341 e. The molecule has 0 amide bonds. The molecule has 0 radical (unpaired) electrons. The Morgan fingerprint density at radius 1 is 0.564 bits per heavy atom. The molecule has 1 N–H and O–H groups in total. The van der Waals surface area contributed by atoms with E-state index in [2.05, 4.69) is 5.32 Å². The summed E-state index contributed by atoms with van der Waals surface area (Å²) in [6, 6.07) is 30.3. The van der Waals surface area contributed by atoms with E-state index in [1.807, 2.05) is 84.9 Å². The first-order valence-electron chi connectivity index (χ1n) is 12.5. The third-order valence-corrected chi connectivity index (χ3v) is 6.04. The van der Waals surface area contributed by atoms with Gasteiger partial charge in [-0.05, 0) is 46.5 Å². The molecule has 0 heterocycles. The van der Waals surface area contributed by atoms with Crippen molar-refractivity contribution in [3.63, 3.8) is 0 Å². The molecule has 0 aromatic heterocycles. The molecular formula is C32H31NO6. The largest absolute Gasteiger partial charge is 0.488 e. The maximum absolute atomic E-state index is 12.3. The van der Waals surface area contributed by atoms with Crippen molar-refractivity contribution in [2.75, 3.05) is 14.2 Å². The Morgan fingerprint density at radius 2 is 0.974 bits per heavy atom. The minimum atomic E-state index is -0.453. The number of nitrogens with one attached hydrogen (secondary N) is 1. The highest BCUT2D eigenvalue weighted by molar-refractivity contribution is 5.93. The lowest BCUT2D eigenvalue weighted by Gasteiger charge is -2.14. The molecule has 7 heteroatoms. The Labute approximate surface area is 228 Å². The minimum Gasteiger partial charge on any atom is -0.488 e. The summed E-state index contributed by atoms with van der Waals surface area (Å²) in [5.41, 5.74) is 4.62. The van der Waals surface area contributed by atoms with Gasteiger partial charge < -0.3 is 24.3 Å². The van der Waals surface area contributed by atoms with Crippen LogP contribution < -0.4 is 14.8 Å². The van der Waals surface area contributed by atoms with Gasteiger partial charge in [-0.15, -0.1) is 0 Å². The van der Waals surface area contributed by atoms with Crippen LogP contribution in [0.1, 0.15) is 43.0 Å². The lowest BCUT2D eigenvalue weighted by atomic mass is 10.1. The maximum atomic E-state index is 12.3. The zero-order valence-corrected chi connectivity index (χ0v) is 22.0. The van der Waals surface area contributed by atoms with Crippen LogP contribution >= 0.6 is 0 Å². The number of carbonyl (C=O) groups is 2. The van der Waals surface area contributed by atoms with Crippen molar-refractivity contribution in [1.82, 2.24) is 5.32 Å². The summed E-state index contributed by atoms with van der Waals surface area (Å²) < 4.78 is 21.8. The molecule has 0 bridgehead atoms. The Kier molecular flexibility index (Phi) is 9.69. The molecule has 0 saturated carbocycles. The highest BCUT2D eigenvalue weighted by atomic mass is 16.5. The van der Waals surface area contributed by atoms with Gasteiger partial charge in [-0.25, -0.2) is 9.59 Å². The molecule has 0 atom stereocenters. The van der Waals surface area contributed by atoms with Gasteiger partial charge in [0.1, 0.15) is 35.8 Å². The summed E-state index contributed by atoms with van der Waals surface area (Å²) in [5, 5.41) is 3.40. The van der Waals surface area contributed by atoms with Crippen LogP contribution in [0.2, 0.25) is 0 Å². The summed E-state index contributed by atoms with van der Waals surface area (Å²) >= 11 is 0. The first-order chi connectivity index (χ1) is 19.1. The first kappa shape index (κ1) is 27.4. The Morgan fingerprint density at radius 3 is 1.36 bits per heavy atom. The van der Waals surface area contributed by atoms with E-state index in [0.29, 0.717) is 48.9 Å². The average Bonchev–Trinajstić information content (AvgIpc) is 2.99. The molecule has 4 aromatic rings. The fourth-order valence-corrected chi connectivity index (χ4v) is 3.97. The van der Waals surface area contributed by atoms with Gasteiger partial charge in [0.15, 0.2) is 0 Å². The molecule has 200 valence electrons. The molecule has 0 unspecified atom stereocenters. The lowest BCUT2D eigenvalue weighted by Crippen LogP contribution is -2.14. The van der Waals surface area contributed by atoms with Crippen LogP contribution in [0.3, 0.4) is 0 Å². The van der Waals surface area contributed by atoms with Gasteiger partial charge in [-0.2, -0.15) is 0 Å². The highest BCUT2D eigenvalue weighted by Gasteiger charge is 2.16. The van der Waals surface area contributed by atoms with E-state index in [9.17, 15) is 9.59 Å². The Hall–Kier alpha value is -4.62. The van der Waals surface area contributed by atoms with Crippen molar-refractivity contribution in [2.24, 2.45) is 0 Å². The number of hydrogen-bond acceptors (Lipinski definition) is 7. The predicted molar refractivity (Wildman–Crippen MR) is 148 cm³/mol. The topological polar surface area (TPSA) is 83.1 Å². The van der Waals surface area contributed by atoms with Crippen molar-refractivity contribution in [3.8, 4) is 11.5 Å². The van der Waals surface area contributed by atoms with Crippen LogP contribution in [-0.4, -0.2) is 26.2 Å². The minimum absolute atomic E-state index is 0.333. The van der Waals surface area contributed by atoms with Crippen molar-refractivity contribution in [3.05, 3.63) is 130 Å². The van der Waals surface area contributed by atoms with Gasteiger partial charge in [0.25, 0.3) is 0 Å². The van der Waals surface area contributed by atoms with Crippen LogP contribution in [0.5, 0.6) is 11.5 Å². The number of methoxy groups -OCH3 is 2. The van der Waals surface area contributed by atoms with Gasteiger partial charge >= 0.3 is 11.9 Å². The quantitative estimate of drug-likeness (QED) is 0.237. The zero-order valence-electron chi connectivity index (χ0n) is 22.0. The van der Waals surface area contributed by atoms with Gasteiger partial charge in [0.05, 0.1) is 14.2 Å². The third-order valence-electron chi connectivity index (χ3n) is 6.04. The van der Waals surface area contributed by atoms with Crippen LogP contribution in [0.15, 0.2) is 97.1 Å². The maximum Gasteiger partial charge on any atom is 0.341 e. The zero-order chi connectivity index (χ0) is 27.5. The summed E-state index contributed by atoms with van der Waals surface area (Å²) in [4.78, 5) is 24.5. The van der Waals surface area contributed by atoms with Crippen LogP contribution in [-0.2, 0) is 35.8 Å². The monoisotopic (exact) mass is 525 g/mol. The van der Waals surface area contributed by atoms with E-state index in [4.69, 9.17) is 18.9 Å². The van der Waals surface area contributed by atoms with Crippen molar-refractivity contribution in [2.45, 2.75) is 26.3 Å². The molecule has 0 fully saturated rings. The fourth-order valence-electron chi connectivity index (χ4n) is 3.97. The SMILES string of the molecule is COC(=O)c1ccc(CNCc2ccc(C(=O)OC)c(OCc3ccccc3)c2)cc1OCc1ccccc1. The molecule has 39 heavy (non-hydrogen) atoms. The van der Waals surface area contributed by atoms with Crippen molar-refractivity contribution in [1.29, 1.82) is 0 Å². The van der Waals surface area contributed by atoms with E-state index in [-0.39, 0.29) is 0 Å². The fraction of sp³-hybridized carbons (Fsp3) is 0.188. The van der Waals surface area contributed by atoms with Gasteiger partial charge in [0.2, 0.25) is 0 Å². The first-order valence-corrected chi connectivity index (χ1v) is 12.5. The standard InChI is InChI=1S/C32H31NO6/c1-36-31(34)27-15-13-25(17-29(27)38-21-23-9-5-3-6-10-23)19-33-20-26-14-16-28(32(35)37-2)30(18-26)39-22-24-11-7-4-8-12-24/h3-18,33H,19-22H2,1-2H3. The van der Waals surface area contributed by atoms with Crippen molar-refractivity contribution < 1.29 is 28.5 Å². The second-order valence-electron chi connectivity index (χ2n) is 8.80. The van der Waals surface area contributed by atoms with E-state index in [1.54, 1.807) is 12.1 Å². The van der Waals surface area contributed by atoms with Crippen LogP contribution in [0.4, 0.5) is 0 Å². The normalized spacial score (nSPS) is 10.5. The Balaban J connectivity index is 1.43. The number of carbonyl (C=O) groups excluding carboxylic acids is 2. The van der Waals surface area contributed by atoms with E-state index >= 15 is 0 Å². The number of hydrogen-bond donors (Lipinski definition) is 1. The van der Waals surface area contributed by atoms with Gasteiger partial charge in [-0.3, -0.25) is 0 Å². The lowest BCUT2D eigenvalue weighted by molar-refractivity contribution is 0.0586. The van der Waals surface area contributed by atoms with Crippen LogP contribution in [0, 0.1) is 0 Å². The number of benzene rings is 4. The summed E-state index contributed by atoms with van der Waals surface area (Å²) in [6.45, 7) is 1.73. The molecule has 0 aliphatic heterocycles. The van der Waals surface area contributed by atoms with Gasteiger partial charge in [-0.1, -0.05) is 72.8 Å². The van der Waals surface area contributed by atoms with Crippen LogP contribution in [0.25, 0.3) is 0 Å². The molecule has 4 rings (SSSR count).